The van der Waals surface area contributed by atoms with E-state index in [1.54, 1.807) is 6.20 Å². The van der Waals surface area contributed by atoms with Gasteiger partial charge in [-0.25, -0.2) is 9.31 Å². The second-order valence-corrected chi connectivity index (χ2v) is 10.3. The van der Waals surface area contributed by atoms with E-state index in [9.17, 15) is 14.7 Å². The molecule has 1 saturated carbocycles. The summed E-state index contributed by atoms with van der Waals surface area (Å²) >= 11 is 0. The Morgan fingerprint density at radius 2 is 1.74 bits per heavy atom. The average molecular weight is 526 g/mol. The summed E-state index contributed by atoms with van der Waals surface area (Å²) in [4.78, 5) is 28.2. The minimum absolute atomic E-state index is 0.0391. The lowest BCUT2D eigenvalue weighted by molar-refractivity contribution is 0.110. The van der Waals surface area contributed by atoms with Crippen LogP contribution in [0.5, 0.6) is 0 Å². The van der Waals surface area contributed by atoms with Gasteiger partial charge >= 0.3 is 5.76 Å². The van der Waals surface area contributed by atoms with Gasteiger partial charge in [-0.3, -0.25) is 18.9 Å². The quantitative estimate of drug-likeness (QED) is 0.322. The van der Waals surface area contributed by atoms with Gasteiger partial charge in [0.15, 0.2) is 5.82 Å². The molecule has 2 aromatic carbocycles. The van der Waals surface area contributed by atoms with E-state index in [0.29, 0.717) is 25.1 Å². The van der Waals surface area contributed by atoms with Crippen LogP contribution in [0, 0.1) is 0 Å². The molecule has 1 aliphatic carbocycles. The van der Waals surface area contributed by atoms with Gasteiger partial charge in [0.1, 0.15) is 5.65 Å². The van der Waals surface area contributed by atoms with Crippen molar-refractivity contribution >= 4 is 5.65 Å². The molecule has 1 aliphatic rings. The lowest BCUT2D eigenvalue weighted by Gasteiger charge is -2.29. The second kappa shape index (κ2) is 10.5. The number of aliphatic hydroxyl groups excluding tert-OH is 1. The zero-order chi connectivity index (χ0) is 26.9. The molecule has 3 aromatic heterocycles. The van der Waals surface area contributed by atoms with Gasteiger partial charge < -0.3 is 5.11 Å². The first-order valence-corrected chi connectivity index (χ1v) is 13.6. The molecule has 0 bridgehead atoms. The molecule has 0 saturated heterocycles. The molecule has 0 aliphatic heterocycles. The van der Waals surface area contributed by atoms with Crippen LogP contribution >= 0.6 is 0 Å². The van der Waals surface area contributed by atoms with E-state index in [1.807, 2.05) is 63.7 Å². The molecular weight excluding hydrogens is 494 g/mol. The Balaban J connectivity index is 1.38. The van der Waals surface area contributed by atoms with Gasteiger partial charge in [-0.05, 0) is 48.8 Å². The highest BCUT2D eigenvalue weighted by atomic mass is 16.5. The van der Waals surface area contributed by atoms with Crippen LogP contribution in [0.3, 0.4) is 0 Å². The predicted molar refractivity (Wildman–Crippen MR) is 148 cm³/mol. The number of rotatable bonds is 7. The Bertz CT molecular complexity index is 1720. The zero-order valence-electron chi connectivity index (χ0n) is 21.8. The van der Waals surface area contributed by atoms with E-state index in [0.717, 1.165) is 64.8 Å². The number of aromatic nitrogens is 5. The molecule has 5 aromatic rings. The molecule has 0 amide bonds. The van der Waals surface area contributed by atoms with Gasteiger partial charge in [-0.2, -0.15) is 5.10 Å². The molecule has 1 fully saturated rings. The molecule has 39 heavy (non-hydrogen) atoms. The fourth-order valence-electron chi connectivity index (χ4n) is 5.82. The second-order valence-electron chi connectivity index (χ2n) is 10.3. The predicted octanol–water partition coefficient (Wildman–Crippen LogP) is 4.53. The molecule has 0 unspecified atom stereocenters. The lowest BCUT2D eigenvalue weighted by Crippen LogP contribution is -2.34. The van der Waals surface area contributed by atoms with Crippen LogP contribution in [0.25, 0.3) is 28.2 Å². The van der Waals surface area contributed by atoms with Crippen LogP contribution in [-0.2, 0) is 12.8 Å². The maximum absolute atomic E-state index is 14.1. The third kappa shape index (κ3) is 4.74. The van der Waals surface area contributed by atoms with E-state index < -0.39 is 5.76 Å². The van der Waals surface area contributed by atoms with Crippen molar-refractivity contribution in [1.82, 2.24) is 24.3 Å². The maximum atomic E-state index is 14.1. The minimum atomic E-state index is -0.595. The number of benzene rings is 2. The molecule has 0 radical (unpaired) electrons. The number of hydrogen-bond acceptors (Lipinski definition) is 6. The molecule has 9 nitrogen and oxygen atoms in total. The highest BCUT2D eigenvalue weighted by Crippen LogP contribution is 2.31. The molecular formula is C30H31N5O4. The summed E-state index contributed by atoms with van der Waals surface area (Å²) in [5.74, 6) is -0.213. The molecule has 6 rings (SSSR count). The Kier molecular flexibility index (Phi) is 6.74. The van der Waals surface area contributed by atoms with Crippen molar-refractivity contribution in [1.29, 1.82) is 0 Å². The number of aliphatic hydroxyl groups is 1. The van der Waals surface area contributed by atoms with E-state index in [-0.39, 0.29) is 17.7 Å². The summed E-state index contributed by atoms with van der Waals surface area (Å²) in [5.41, 5.74) is 6.27. The van der Waals surface area contributed by atoms with Crippen LogP contribution in [0.15, 0.2) is 74.9 Å². The summed E-state index contributed by atoms with van der Waals surface area (Å²) in [5, 5.41) is 18.5. The van der Waals surface area contributed by atoms with Gasteiger partial charge in [0.25, 0.3) is 5.56 Å². The largest absolute Gasteiger partial charge is 0.439 e. The first-order chi connectivity index (χ1) is 19.0. The van der Waals surface area contributed by atoms with Crippen molar-refractivity contribution in [3.8, 4) is 22.5 Å². The van der Waals surface area contributed by atoms with Gasteiger partial charge in [-0.15, -0.1) is 0 Å². The van der Waals surface area contributed by atoms with Crippen molar-refractivity contribution in [2.24, 2.45) is 0 Å². The van der Waals surface area contributed by atoms with Crippen LogP contribution < -0.4 is 11.3 Å². The molecule has 3 heterocycles. The van der Waals surface area contributed by atoms with E-state index >= 15 is 0 Å². The smallest absolute Gasteiger partial charge is 0.393 e. The fourth-order valence-corrected chi connectivity index (χ4v) is 5.82. The van der Waals surface area contributed by atoms with E-state index in [1.165, 1.54) is 0 Å². The third-order valence-corrected chi connectivity index (χ3v) is 7.74. The normalized spacial score (nSPS) is 17.6. The number of nitrogens with zero attached hydrogens (tertiary/aromatic N) is 4. The van der Waals surface area contributed by atoms with Gasteiger partial charge in [0.2, 0.25) is 0 Å². The first-order valence-electron chi connectivity index (χ1n) is 13.6. The Morgan fingerprint density at radius 3 is 2.44 bits per heavy atom. The summed E-state index contributed by atoms with van der Waals surface area (Å²) in [6.07, 6.45) is 6.60. The Morgan fingerprint density at radius 1 is 1.00 bits per heavy atom. The molecule has 200 valence electrons. The first kappa shape index (κ1) is 25.1. The molecule has 0 atom stereocenters. The summed E-state index contributed by atoms with van der Waals surface area (Å²) in [6, 6.07) is 17.8. The van der Waals surface area contributed by atoms with Crippen LogP contribution in [-0.4, -0.2) is 35.5 Å². The SMILES string of the molecule is CCCc1c(Cc2ccc(-c3ccccc3-c3noc(=O)[nH]3)cc2)c(=O)n(C2CCC(O)CC2)c2ccnn12. The molecule has 9 heteroatoms. The van der Waals surface area contributed by atoms with Crippen molar-refractivity contribution in [3.05, 3.63) is 98.5 Å². The number of aromatic amines is 1. The number of fused-ring (bicyclic) bond motifs is 1. The molecule has 2 N–H and O–H groups in total. The lowest BCUT2D eigenvalue weighted by atomic mass is 9.92. The summed E-state index contributed by atoms with van der Waals surface area (Å²) in [6.45, 7) is 2.11. The monoisotopic (exact) mass is 525 g/mol. The number of aryl methyl sites for hydroxylation is 1. The van der Waals surface area contributed by atoms with Crippen LogP contribution in [0.1, 0.15) is 61.9 Å². The molecule has 0 spiro atoms. The van der Waals surface area contributed by atoms with Crippen molar-refractivity contribution in [3.63, 3.8) is 0 Å². The minimum Gasteiger partial charge on any atom is -0.393 e. The van der Waals surface area contributed by atoms with Crippen molar-refractivity contribution in [2.75, 3.05) is 0 Å². The maximum Gasteiger partial charge on any atom is 0.439 e. The summed E-state index contributed by atoms with van der Waals surface area (Å²) < 4.78 is 8.56. The highest BCUT2D eigenvalue weighted by Gasteiger charge is 2.26. The van der Waals surface area contributed by atoms with Crippen LogP contribution in [0.4, 0.5) is 0 Å². The third-order valence-electron chi connectivity index (χ3n) is 7.74. The number of H-pyrrole nitrogens is 1. The zero-order valence-corrected chi connectivity index (χ0v) is 21.8. The topological polar surface area (TPSA) is 118 Å². The van der Waals surface area contributed by atoms with Crippen LogP contribution in [0.2, 0.25) is 0 Å². The highest BCUT2D eigenvalue weighted by molar-refractivity contribution is 5.80. The average Bonchev–Trinajstić information content (AvgIpc) is 3.61. The number of hydrogen-bond donors (Lipinski definition) is 2. The Labute approximate surface area is 224 Å². The van der Waals surface area contributed by atoms with E-state index in [4.69, 9.17) is 4.52 Å². The number of nitrogens with one attached hydrogen (secondary N) is 1. The Hall–Kier alpha value is -4.24. The van der Waals surface area contributed by atoms with Crippen molar-refractivity contribution in [2.45, 2.75) is 64.0 Å². The summed E-state index contributed by atoms with van der Waals surface area (Å²) in [7, 11) is 0. The van der Waals surface area contributed by atoms with Gasteiger partial charge in [-0.1, -0.05) is 67.0 Å². The van der Waals surface area contributed by atoms with Gasteiger partial charge in [0, 0.05) is 29.7 Å². The van der Waals surface area contributed by atoms with Crippen molar-refractivity contribution < 1.29 is 9.63 Å². The standard InChI is InChI=1S/C30H31N5O4/c1-2-5-26-25(29(37)34(27-16-17-31-35(26)27)21-12-14-22(36)15-13-21)18-19-8-10-20(11-9-19)23-6-3-4-7-24(23)28-32-30(38)39-33-28/h3-4,6-11,16-17,21-22,36H,2,5,12-15,18H2,1H3,(H,32,33,38). The van der Waals surface area contributed by atoms with E-state index in [2.05, 4.69) is 22.2 Å². The van der Waals surface area contributed by atoms with Gasteiger partial charge in [0.05, 0.1) is 18.0 Å². The fraction of sp³-hybridized carbons (Fsp3) is 0.333.